The topological polar surface area (TPSA) is 0 Å². The van der Waals surface area contributed by atoms with Gasteiger partial charge in [0.25, 0.3) is 0 Å². The first-order valence-corrected chi connectivity index (χ1v) is 16.1. The third kappa shape index (κ3) is 24.1. The minimum atomic E-state index is 0. The maximum atomic E-state index is 2.34. The predicted octanol–water partition coefficient (Wildman–Crippen LogP) is 8.25. The second kappa shape index (κ2) is 29.7. The minimum Gasteiger partial charge on any atom is -1.00 e. The fourth-order valence-corrected chi connectivity index (χ4v) is 5.58. The highest BCUT2D eigenvalue weighted by atomic mass is 79.9. The van der Waals surface area contributed by atoms with Crippen LogP contribution in [0.3, 0.4) is 0 Å². The molecule has 0 saturated heterocycles. The summed E-state index contributed by atoms with van der Waals surface area (Å²) < 4.78 is 1.47. The van der Waals surface area contributed by atoms with Gasteiger partial charge in [0.05, 0.1) is 26.2 Å². The fraction of sp³-hybridized carbons (Fsp3) is 1.00. The molecule has 0 atom stereocenters. The number of nitrogens with zero attached hydrogens (tertiary/aromatic N) is 1. The highest BCUT2D eigenvalue weighted by molar-refractivity contribution is 4.55. The van der Waals surface area contributed by atoms with E-state index in [1.165, 1.54) is 185 Å². The van der Waals surface area contributed by atoms with Crippen LogP contribution in [0.15, 0.2) is 0 Å². The molecule has 0 aliphatic carbocycles. The molecular formula is C32H68BrN. The number of quaternary nitrogens is 1. The first-order chi connectivity index (χ1) is 16.2. The summed E-state index contributed by atoms with van der Waals surface area (Å²) in [6.07, 6.45) is 34.8. The van der Waals surface area contributed by atoms with Crippen LogP contribution in [0.1, 0.15) is 182 Å². The molecule has 34 heavy (non-hydrogen) atoms. The molecule has 0 radical (unpaired) electrons. The first-order valence-electron chi connectivity index (χ1n) is 16.1. The van der Waals surface area contributed by atoms with Gasteiger partial charge in [0.2, 0.25) is 0 Å². The normalized spacial score (nSPS) is 11.6. The molecule has 0 unspecified atom stereocenters. The zero-order chi connectivity index (χ0) is 24.3. The van der Waals surface area contributed by atoms with E-state index in [0.29, 0.717) is 0 Å². The molecule has 0 aromatic heterocycles. The molecule has 0 rings (SSSR count). The van der Waals surface area contributed by atoms with Gasteiger partial charge in [0.1, 0.15) is 0 Å². The molecule has 2 heteroatoms. The van der Waals surface area contributed by atoms with Crippen LogP contribution < -0.4 is 17.0 Å². The van der Waals surface area contributed by atoms with Crippen molar-refractivity contribution in [3.8, 4) is 0 Å². The summed E-state index contributed by atoms with van der Waals surface area (Å²) in [6, 6.07) is 0. The van der Waals surface area contributed by atoms with Crippen LogP contribution in [-0.4, -0.2) is 30.7 Å². The Morgan fingerprint density at radius 1 is 0.265 bits per heavy atom. The van der Waals surface area contributed by atoms with E-state index in [1.807, 2.05) is 0 Å². The summed E-state index contributed by atoms with van der Waals surface area (Å²) in [6.45, 7) is 15.3. The lowest BCUT2D eigenvalue weighted by Crippen LogP contribution is -3.00. The molecule has 0 bridgehead atoms. The SMILES string of the molecule is CCCCCCCCC[N+](CCCCCCC)(CCCCCCC)CCCCCCCCC.[Br-]. The van der Waals surface area contributed by atoms with Crippen molar-refractivity contribution >= 4 is 0 Å². The molecule has 1 nitrogen and oxygen atoms in total. The average Bonchev–Trinajstić information content (AvgIpc) is 2.82. The molecule has 0 saturated carbocycles. The molecular weight excluding hydrogens is 478 g/mol. The Balaban J connectivity index is 0. The van der Waals surface area contributed by atoms with Crippen molar-refractivity contribution in [1.82, 2.24) is 0 Å². The van der Waals surface area contributed by atoms with Crippen molar-refractivity contribution in [2.24, 2.45) is 0 Å². The van der Waals surface area contributed by atoms with Crippen molar-refractivity contribution in [3.05, 3.63) is 0 Å². The Morgan fingerprint density at radius 3 is 0.647 bits per heavy atom. The molecule has 0 aliphatic heterocycles. The molecule has 0 N–H and O–H groups in total. The Kier molecular flexibility index (Phi) is 31.9. The van der Waals surface area contributed by atoms with E-state index in [4.69, 9.17) is 0 Å². The monoisotopic (exact) mass is 545 g/mol. The molecule has 0 spiro atoms. The van der Waals surface area contributed by atoms with Gasteiger partial charge in [-0.05, 0) is 51.4 Å². The highest BCUT2D eigenvalue weighted by Crippen LogP contribution is 2.20. The Morgan fingerprint density at radius 2 is 0.441 bits per heavy atom. The Labute approximate surface area is 229 Å². The molecule has 0 amide bonds. The zero-order valence-electron chi connectivity index (χ0n) is 24.6. The maximum Gasteiger partial charge on any atom is 0.0786 e. The smallest absolute Gasteiger partial charge is 0.0786 e. The molecule has 0 aromatic carbocycles. The molecule has 0 fully saturated rings. The third-order valence-electron chi connectivity index (χ3n) is 7.94. The van der Waals surface area contributed by atoms with Crippen molar-refractivity contribution in [1.29, 1.82) is 0 Å². The first kappa shape index (κ1) is 36.6. The van der Waals surface area contributed by atoms with Gasteiger partial charge in [0, 0.05) is 0 Å². The van der Waals surface area contributed by atoms with Gasteiger partial charge in [0.15, 0.2) is 0 Å². The lowest BCUT2D eigenvalue weighted by atomic mass is 10.0. The van der Waals surface area contributed by atoms with Gasteiger partial charge in [-0.3, -0.25) is 0 Å². The van der Waals surface area contributed by atoms with Crippen molar-refractivity contribution < 1.29 is 21.5 Å². The quantitative estimate of drug-likeness (QED) is 0.0685. The number of rotatable bonds is 28. The van der Waals surface area contributed by atoms with Gasteiger partial charge in [-0.2, -0.15) is 0 Å². The van der Waals surface area contributed by atoms with Gasteiger partial charge < -0.3 is 21.5 Å². The summed E-state index contributed by atoms with van der Waals surface area (Å²) in [5, 5.41) is 0. The number of halogens is 1. The number of hydrogen-bond acceptors (Lipinski definition) is 0. The summed E-state index contributed by atoms with van der Waals surface area (Å²) in [7, 11) is 0. The van der Waals surface area contributed by atoms with Crippen molar-refractivity contribution in [2.75, 3.05) is 26.2 Å². The highest BCUT2D eigenvalue weighted by Gasteiger charge is 2.25. The van der Waals surface area contributed by atoms with Crippen LogP contribution in [0.4, 0.5) is 0 Å². The van der Waals surface area contributed by atoms with E-state index >= 15 is 0 Å². The Hall–Kier alpha value is 0.440. The van der Waals surface area contributed by atoms with Crippen molar-refractivity contribution in [3.63, 3.8) is 0 Å². The average molecular weight is 547 g/mol. The van der Waals surface area contributed by atoms with Crippen LogP contribution in [0.5, 0.6) is 0 Å². The van der Waals surface area contributed by atoms with Crippen LogP contribution in [0, 0.1) is 0 Å². The number of hydrogen-bond donors (Lipinski definition) is 0. The fourth-order valence-electron chi connectivity index (χ4n) is 5.58. The summed E-state index contributed by atoms with van der Waals surface area (Å²) in [4.78, 5) is 0. The summed E-state index contributed by atoms with van der Waals surface area (Å²) in [5.41, 5.74) is 0. The third-order valence-corrected chi connectivity index (χ3v) is 7.94. The van der Waals surface area contributed by atoms with E-state index in [1.54, 1.807) is 0 Å². The second-order valence-electron chi connectivity index (χ2n) is 11.3. The lowest BCUT2D eigenvalue weighted by molar-refractivity contribution is -0.929. The molecule has 208 valence electrons. The van der Waals surface area contributed by atoms with Crippen LogP contribution in [0.25, 0.3) is 0 Å². The lowest BCUT2D eigenvalue weighted by Gasteiger charge is -2.40. The van der Waals surface area contributed by atoms with E-state index in [-0.39, 0.29) is 17.0 Å². The molecule has 0 aliphatic rings. The van der Waals surface area contributed by atoms with Crippen LogP contribution in [-0.2, 0) is 0 Å². The van der Waals surface area contributed by atoms with Gasteiger partial charge in [-0.25, -0.2) is 0 Å². The second-order valence-corrected chi connectivity index (χ2v) is 11.3. The summed E-state index contributed by atoms with van der Waals surface area (Å²) in [5.74, 6) is 0. The zero-order valence-corrected chi connectivity index (χ0v) is 26.2. The molecule has 0 aromatic rings. The predicted molar refractivity (Wildman–Crippen MR) is 153 cm³/mol. The minimum absolute atomic E-state index is 0. The Bertz CT molecular complexity index is 323. The molecule has 0 heterocycles. The number of unbranched alkanes of at least 4 members (excludes halogenated alkanes) is 20. The van der Waals surface area contributed by atoms with E-state index in [2.05, 4.69) is 27.7 Å². The van der Waals surface area contributed by atoms with Gasteiger partial charge in [-0.15, -0.1) is 0 Å². The van der Waals surface area contributed by atoms with Gasteiger partial charge >= 0.3 is 0 Å². The van der Waals surface area contributed by atoms with Crippen LogP contribution >= 0.6 is 0 Å². The van der Waals surface area contributed by atoms with E-state index in [0.717, 1.165) is 0 Å². The largest absolute Gasteiger partial charge is 1.00 e. The van der Waals surface area contributed by atoms with E-state index < -0.39 is 0 Å². The van der Waals surface area contributed by atoms with E-state index in [9.17, 15) is 0 Å². The van der Waals surface area contributed by atoms with Crippen LogP contribution in [0.2, 0.25) is 0 Å². The van der Waals surface area contributed by atoms with Crippen molar-refractivity contribution in [2.45, 2.75) is 182 Å². The standard InChI is InChI=1S/C32H68N.BrH/c1-5-9-13-17-19-23-27-31-33(29-25-21-15-11-7-3,30-26-22-16-12-8-4)32-28-24-20-18-14-10-6-2;/h5-32H2,1-4H3;1H/q+1;/p-1. The van der Waals surface area contributed by atoms with Gasteiger partial charge in [-0.1, -0.05) is 130 Å². The summed E-state index contributed by atoms with van der Waals surface area (Å²) >= 11 is 0. The maximum absolute atomic E-state index is 2.34.